The summed E-state index contributed by atoms with van der Waals surface area (Å²) >= 11 is 12.2. The SMILES string of the molecule is C[C@@H](C[C@]1(C2CC2)CNC(=O)N1)C(=O)N1CCN(c2cc(Cl)cc(Cl)c2)CC1. The van der Waals surface area contributed by atoms with Crippen molar-refractivity contribution >= 4 is 40.8 Å². The zero-order chi connectivity index (χ0) is 19.9. The van der Waals surface area contributed by atoms with Gasteiger partial charge in [0.15, 0.2) is 0 Å². The molecule has 1 aliphatic carbocycles. The third kappa shape index (κ3) is 4.03. The maximum atomic E-state index is 13.0. The number of halogens is 2. The van der Waals surface area contributed by atoms with Crippen LogP contribution < -0.4 is 15.5 Å². The number of hydrogen-bond donors (Lipinski definition) is 2. The molecule has 8 heteroatoms. The molecule has 3 amide bonds. The molecule has 0 aromatic heterocycles. The third-order valence-corrected chi connectivity index (χ3v) is 6.62. The molecule has 0 radical (unpaired) electrons. The van der Waals surface area contributed by atoms with Gasteiger partial charge in [-0.2, -0.15) is 0 Å². The predicted molar refractivity (Wildman–Crippen MR) is 111 cm³/mol. The number of rotatable bonds is 5. The number of hydrogen-bond acceptors (Lipinski definition) is 3. The number of amides is 3. The van der Waals surface area contributed by atoms with Crippen molar-refractivity contribution in [2.45, 2.75) is 31.7 Å². The maximum absolute atomic E-state index is 13.0. The number of piperazine rings is 1. The number of urea groups is 1. The van der Waals surface area contributed by atoms with Gasteiger partial charge >= 0.3 is 6.03 Å². The van der Waals surface area contributed by atoms with Gasteiger partial charge in [0.2, 0.25) is 5.91 Å². The normalized spacial score (nSPS) is 26.0. The molecule has 1 saturated carbocycles. The number of carbonyl (C=O) groups excluding carboxylic acids is 2. The standard InChI is InChI=1S/C20H26Cl2N4O2/c1-13(11-20(14-2-3-14)12-23-19(28)24-20)18(27)26-6-4-25(5-7-26)17-9-15(21)8-16(22)10-17/h8-10,13-14H,2-7,11-12H2,1H3,(H2,23,24,28)/t13-,20+/m0/s1. The highest BCUT2D eigenvalue weighted by Gasteiger charge is 2.50. The minimum absolute atomic E-state index is 0.111. The molecule has 2 aliphatic heterocycles. The van der Waals surface area contributed by atoms with Gasteiger partial charge in [-0.3, -0.25) is 4.79 Å². The molecule has 2 N–H and O–H groups in total. The first-order valence-corrected chi connectivity index (χ1v) is 10.7. The molecule has 0 bridgehead atoms. The van der Waals surface area contributed by atoms with Gasteiger partial charge in [-0.15, -0.1) is 0 Å². The smallest absolute Gasteiger partial charge is 0.315 e. The van der Waals surface area contributed by atoms with E-state index < -0.39 is 0 Å². The Morgan fingerprint density at radius 1 is 1.18 bits per heavy atom. The Morgan fingerprint density at radius 2 is 1.82 bits per heavy atom. The minimum Gasteiger partial charge on any atom is -0.368 e. The number of carbonyl (C=O) groups is 2. The van der Waals surface area contributed by atoms with Gasteiger partial charge in [0.1, 0.15) is 0 Å². The summed E-state index contributed by atoms with van der Waals surface area (Å²) in [6.45, 7) is 5.46. The van der Waals surface area contributed by atoms with Crippen LogP contribution in [-0.2, 0) is 4.79 Å². The highest BCUT2D eigenvalue weighted by molar-refractivity contribution is 6.35. The lowest BCUT2D eigenvalue weighted by Crippen LogP contribution is -2.53. The van der Waals surface area contributed by atoms with Crippen molar-refractivity contribution in [3.63, 3.8) is 0 Å². The Kier molecular flexibility index (Phi) is 5.36. The number of nitrogens with zero attached hydrogens (tertiary/aromatic N) is 2. The summed E-state index contributed by atoms with van der Waals surface area (Å²) in [5, 5.41) is 7.22. The van der Waals surface area contributed by atoms with E-state index in [0.29, 0.717) is 42.0 Å². The highest BCUT2D eigenvalue weighted by atomic mass is 35.5. The summed E-state index contributed by atoms with van der Waals surface area (Å²) in [5.41, 5.74) is 0.732. The largest absolute Gasteiger partial charge is 0.368 e. The van der Waals surface area contributed by atoms with Gasteiger partial charge < -0.3 is 20.4 Å². The molecule has 2 saturated heterocycles. The van der Waals surface area contributed by atoms with Crippen LogP contribution >= 0.6 is 23.2 Å². The Balaban J connectivity index is 1.35. The van der Waals surface area contributed by atoms with Crippen molar-refractivity contribution in [1.82, 2.24) is 15.5 Å². The Labute approximate surface area is 175 Å². The summed E-state index contributed by atoms with van der Waals surface area (Å²) in [6.07, 6.45) is 2.95. The van der Waals surface area contributed by atoms with Crippen LogP contribution in [0, 0.1) is 11.8 Å². The third-order valence-electron chi connectivity index (χ3n) is 6.18. The lowest BCUT2D eigenvalue weighted by Gasteiger charge is -2.38. The average molecular weight is 425 g/mol. The molecule has 0 spiro atoms. The Hall–Kier alpha value is -1.66. The first-order valence-electron chi connectivity index (χ1n) is 9.92. The summed E-state index contributed by atoms with van der Waals surface area (Å²) in [6, 6.07) is 5.42. The average Bonchev–Trinajstić information content (AvgIpc) is 3.45. The fraction of sp³-hybridized carbons (Fsp3) is 0.600. The molecule has 0 unspecified atom stereocenters. The van der Waals surface area contributed by atoms with Crippen molar-refractivity contribution in [3.05, 3.63) is 28.2 Å². The predicted octanol–water partition coefficient (Wildman–Crippen LogP) is 3.13. The van der Waals surface area contributed by atoms with Gasteiger partial charge in [0.25, 0.3) is 0 Å². The second kappa shape index (κ2) is 7.64. The molecule has 1 aromatic rings. The van der Waals surface area contributed by atoms with Crippen LogP contribution in [0.25, 0.3) is 0 Å². The van der Waals surface area contributed by atoms with Gasteiger partial charge in [-0.05, 0) is 43.4 Å². The summed E-state index contributed by atoms with van der Waals surface area (Å²) in [4.78, 5) is 28.9. The van der Waals surface area contributed by atoms with E-state index in [2.05, 4.69) is 15.5 Å². The molecule has 2 heterocycles. The summed E-state index contributed by atoms with van der Waals surface area (Å²) in [7, 11) is 0. The van der Waals surface area contributed by atoms with Crippen LogP contribution in [0.2, 0.25) is 10.0 Å². The van der Waals surface area contributed by atoms with Crippen LogP contribution in [0.5, 0.6) is 0 Å². The molecule has 28 heavy (non-hydrogen) atoms. The van der Waals surface area contributed by atoms with Crippen molar-refractivity contribution in [2.24, 2.45) is 11.8 Å². The lowest BCUT2D eigenvalue weighted by molar-refractivity contribution is -0.136. The van der Waals surface area contributed by atoms with E-state index in [1.54, 1.807) is 6.07 Å². The van der Waals surface area contributed by atoms with E-state index in [1.165, 1.54) is 0 Å². The summed E-state index contributed by atoms with van der Waals surface area (Å²) in [5.74, 6) is 0.545. The van der Waals surface area contributed by atoms with Crippen LogP contribution in [0.1, 0.15) is 26.2 Å². The van der Waals surface area contributed by atoms with Crippen molar-refractivity contribution in [3.8, 4) is 0 Å². The van der Waals surface area contributed by atoms with Crippen LogP contribution in [-0.4, -0.2) is 55.1 Å². The Morgan fingerprint density at radius 3 is 2.36 bits per heavy atom. The topological polar surface area (TPSA) is 64.7 Å². The molecule has 3 aliphatic rings. The van der Waals surface area contributed by atoms with Crippen LogP contribution in [0.15, 0.2) is 18.2 Å². The first kappa shape index (κ1) is 19.6. The van der Waals surface area contributed by atoms with Gasteiger partial charge in [0.05, 0.1) is 5.54 Å². The molecule has 4 rings (SSSR count). The second-order valence-corrected chi connectivity index (χ2v) is 9.16. The van der Waals surface area contributed by atoms with E-state index in [0.717, 1.165) is 31.6 Å². The van der Waals surface area contributed by atoms with Crippen molar-refractivity contribution < 1.29 is 9.59 Å². The zero-order valence-electron chi connectivity index (χ0n) is 16.0. The molecule has 6 nitrogen and oxygen atoms in total. The zero-order valence-corrected chi connectivity index (χ0v) is 17.5. The van der Waals surface area contributed by atoms with E-state index in [1.807, 2.05) is 24.0 Å². The Bertz CT molecular complexity index is 757. The van der Waals surface area contributed by atoms with E-state index in [-0.39, 0.29) is 23.4 Å². The van der Waals surface area contributed by atoms with Crippen LogP contribution in [0.4, 0.5) is 10.5 Å². The molecule has 152 valence electrons. The molecule has 3 fully saturated rings. The summed E-state index contributed by atoms with van der Waals surface area (Å²) < 4.78 is 0. The van der Waals surface area contributed by atoms with E-state index in [9.17, 15) is 9.59 Å². The lowest BCUT2D eigenvalue weighted by atomic mass is 9.84. The molecule has 1 aromatic carbocycles. The fourth-order valence-electron chi connectivity index (χ4n) is 4.58. The van der Waals surface area contributed by atoms with Gasteiger partial charge in [-0.25, -0.2) is 4.79 Å². The molecular weight excluding hydrogens is 399 g/mol. The molecule has 2 atom stereocenters. The van der Waals surface area contributed by atoms with Crippen LogP contribution in [0.3, 0.4) is 0 Å². The monoisotopic (exact) mass is 424 g/mol. The number of nitrogens with one attached hydrogen (secondary N) is 2. The van der Waals surface area contributed by atoms with Gasteiger partial charge in [-0.1, -0.05) is 30.1 Å². The second-order valence-electron chi connectivity index (χ2n) is 8.28. The van der Waals surface area contributed by atoms with E-state index in [4.69, 9.17) is 23.2 Å². The number of anilines is 1. The fourth-order valence-corrected chi connectivity index (χ4v) is 5.09. The first-order chi connectivity index (χ1) is 13.4. The quantitative estimate of drug-likeness (QED) is 0.762. The maximum Gasteiger partial charge on any atom is 0.315 e. The van der Waals surface area contributed by atoms with Gasteiger partial charge in [0, 0.05) is 54.4 Å². The minimum atomic E-state index is -0.258. The van der Waals surface area contributed by atoms with E-state index >= 15 is 0 Å². The van der Waals surface area contributed by atoms with Crippen molar-refractivity contribution in [2.75, 3.05) is 37.6 Å². The highest BCUT2D eigenvalue weighted by Crippen LogP contribution is 2.44. The van der Waals surface area contributed by atoms with Crippen molar-refractivity contribution in [1.29, 1.82) is 0 Å². The molecular formula is C20H26Cl2N4O2. The number of benzene rings is 1.